The van der Waals surface area contributed by atoms with E-state index in [1.54, 1.807) is 23.6 Å². The van der Waals surface area contributed by atoms with Crippen molar-refractivity contribution in [3.63, 3.8) is 0 Å². The van der Waals surface area contributed by atoms with Gasteiger partial charge in [0, 0.05) is 5.92 Å². The number of imidazole rings is 1. The van der Waals surface area contributed by atoms with Gasteiger partial charge in [0.15, 0.2) is 0 Å². The molecule has 0 radical (unpaired) electrons. The highest BCUT2D eigenvalue weighted by atomic mass is 16.4. The fraction of sp³-hybridized carbons (Fsp3) is 0.357. The fourth-order valence-electron chi connectivity index (χ4n) is 2.27. The van der Waals surface area contributed by atoms with Gasteiger partial charge in [0.25, 0.3) is 0 Å². The second-order valence-corrected chi connectivity index (χ2v) is 5.05. The van der Waals surface area contributed by atoms with Crippen molar-refractivity contribution in [3.8, 4) is 0 Å². The van der Waals surface area contributed by atoms with E-state index in [1.165, 1.54) is 6.07 Å². The number of aromatic nitrogens is 2. The smallest absolute Gasteiger partial charge is 0.337 e. The molecule has 1 aromatic carbocycles. The molecular weight excluding hydrogens is 258 g/mol. The molecule has 6 nitrogen and oxygen atoms in total. The highest BCUT2D eigenvalue weighted by Crippen LogP contribution is 2.28. The number of carbonyl (C=O) groups excluding carboxylic acids is 1. The Morgan fingerprint density at radius 1 is 1.30 bits per heavy atom. The summed E-state index contributed by atoms with van der Waals surface area (Å²) in [5.74, 6) is -0.874. The zero-order valence-electron chi connectivity index (χ0n) is 11.6. The van der Waals surface area contributed by atoms with E-state index in [0.717, 1.165) is 0 Å². The molecule has 20 heavy (non-hydrogen) atoms. The predicted octanol–water partition coefficient (Wildman–Crippen LogP) is 1.90. The number of fused-ring (bicyclic) bond motifs is 1. The third kappa shape index (κ3) is 2.13. The number of hydrogen-bond donors (Lipinski definition) is 2. The van der Waals surface area contributed by atoms with Crippen LogP contribution in [0.5, 0.6) is 0 Å². The topological polar surface area (TPSA) is 98.2 Å². The zero-order valence-corrected chi connectivity index (χ0v) is 11.6. The summed E-state index contributed by atoms with van der Waals surface area (Å²) >= 11 is 0. The first-order chi connectivity index (χ1) is 9.34. The first kappa shape index (κ1) is 14.0. The number of primary amides is 1. The van der Waals surface area contributed by atoms with Gasteiger partial charge >= 0.3 is 5.97 Å². The molecule has 2 rings (SSSR count). The summed E-state index contributed by atoms with van der Waals surface area (Å²) in [5, 5.41) is 9.32. The van der Waals surface area contributed by atoms with Crippen LogP contribution in [0.3, 0.4) is 0 Å². The van der Waals surface area contributed by atoms with Crippen LogP contribution in [0.15, 0.2) is 18.2 Å². The molecule has 0 aliphatic heterocycles. The first-order valence-corrected chi connectivity index (χ1v) is 6.38. The summed E-state index contributed by atoms with van der Waals surface area (Å²) in [7, 11) is 0. The van der Waals surface area contributed by atoms with Crippen LogP contribution in [-0.2, 0) is 4.79 Å². The van der Waals surface area contributed by atoms with Gasteiger partial charge in [0.1, 0.15) is 11.9 Å². The van der Waals surface area contributed by atoms with E-state index >= 15 is 0 Å². The van der Waals surface area contributed by atoms with E-state index in [0.29, 0.717) is 16.9 Å². The first-order valence-electron chi connectivity index (χ1n) is 6.38. The number of nitrogens with zero attached hydrogens (tertiary/aromatic N) is 2. The van der Waals surface area contributed by atoms with Gasteiger partial charge in [-0.05, 0) is 19.1 Å². The normalized spacial score (nSPS) is 12.8. The highest BCUT2D eigenvalue weighted by molar-refractivity contribution is 6.01. The predicted molar refractivity (Wildman–Crippen MR) is 74.7 cm³/mol. The Labute approximate surface area is 116 Å². The van der Waals surface area contributed by atoms with Crippen LogP contribution in [0.4, 0.5) is 0 Å². The molecule has 1 atom stereocenters. The Kier molecular flexibility index (Phi) is 3.48. The Morgan fingerprint density at radius 3 is 2.45 bits per heavy atom. The molecule has 0 aliphatic carbocycles. The number of amides is 1. The molecule has 2 aromatic rings. The number of carboxylic acid groups (broad SMARTS) is 1. The van der Waals surface area contributed by atoms with E-state index in [2.05, 4.69) is 4.98 Å². The van der Waals surface area contributed by atoms with Gasteiger partial charge in [0.05, 0.1) is 16.6 Å². The van der Waals surface area contributed by atoms with Crippen LogP contribution < -0.4 is 5.73 Å². The van der Waals surface area contributed by atoms with E-state index < -0.39 is 17.9 Å². The van der Waals surface area contributed by atoms with Crippen LogP contribution in [0.25, 0.3) is 11.0 Å². The molecule has 1 aromatic heterocycles. The van der Waals surface area contributed by atoms with E-state index in [-0.39, 0.29) is 11.5 Å². The van der Waals surface area contributed by atoms with Crippen molar-refractivity contribution < 1.29 is 14.7 Å². The molecule has 0 saturated carbocycles. The molecule has 0 saturated heterocycles. The van der Waals surface area contributed by atoms with Gasteiger partial charge < -0.3 is 15.4 Å². The Balaban J connectivity index is 2.88. The van der Waals surface area contributed by atoms with Gasteiger partial charge in [-0.1, -0.05) is 19.9 Å². The van der Waals surface area contributed by atoms with Crippen LogP contribution in [0.1, 0.15) is 48.9 Å². The maximum Gasteiger partial charge on any atom is 0.337 e. The number of aromatic carboxylic acids is 1. The summed E-state index contributed by atoms with van der Waals surface area (Å²) in [4.78, 5) is 27.4. The van der Waals surface area contributed by atoms with Crippen molar-refractivity contribution in [2.24, 2.45) is 5.73 Å². The van der Waals surface area contributed by atoms with Gasteiger partial charge in [0.2, 0.25) is 5.91 Å². The number of nitrogens with two attached hydrogens (primary N) is 1. The minimum absolute atomic E-state index is 0.0471. The summed E-state index contributed by atoms with van der Waals surface area (Å²) in [6.07, 6.45) is 0. The molecular formula is C14H17N3O3. The minimum atomic E-state index is -1.05. The average molecular weight is 275 g/mol. The molecule has 0 fully saturated rings. The standard InChI is InChI=1S/C14H17N3O3/c1-7(2)13-16-10-6-4-5-9(14(19)20)11(10)17(13)8(3)12(15)18/h4-8H,1-3H3,(H2,15,18)(H,19,20). The summed E-state index contributed by atoms with van der Waals surface area (Å²) < 4.78 is 1.63. The molecule has 1 heterocycles. The number of benzene rings is 1. The van der Waals surface area contributed by atoms with E-state index in [1.807, 2.05) is 13.8 Å². The summed E-state index contributed by atoms with van der Waals surface area (Å²) in [6.45, 7) is 5.52. The van der Waals surface area contributed by atoms with Gasteiger partial charge in [-0.2, -0.15) is 0 Å². The lowest BCUT2D eigenvalue weighted by Gasteiger charge is -2.17. The quantitative estimate of drug-likeness (QED) is 0.890. The molecule has 1 amide bonds. The molecule has 6 heteroatoms. The second-order valence-electron chi connectivity index (χ2n) is 5.05. The maximum atomic E-state index is 11.5. The number of carbonyl (C=O) groups is 2. The van der Waals surface area contributed by atoms with Crippen LogP contribution >= 0.6 is 0 Å². The largest absolute Gasteiger partial charge is 0.478 e. The maximum absolute atomic E-state index is 11.5. The number of carboxylic acids is 1. The molecule has 0 bridgehead atoms. The second kappa shape index (κ2) is 4.96. The van der Waals surface area contributed by atoms with Gasteiger partial charge in [-0.3, -0.25) is 4.79 Å². The lowest BCUT2D eigenvalue weighted by atomic mass is 10.1. The summed E-state index contributed by atoms with van der Waals surface area (Å²) in [5.41, 5.74) is 6.50. The number of hydrogen-bond acceptors (Lipinski definition) is 3. The van der Waals surface area contributed by atoms with Crippen molar-refractivity contribution in [2.75, 3.05) is 0 Å². The Hall–Kier alpha value is -2.37. The molecule has 3 N–H and O–H groups in total. The van der Waals surface area contributed by atoms with E-state index in [4.69, 9.17) is 5.73 Å². The van der Waals surface area contributed by atoms with Crippen LogP contribution in [0.2, 0.25) is 0 Å². The van der Waals surface area contributed by atoms with Crippen molar-refractivity contribution in [3.05, 3.63) is 29.6 Å². The molecule has 1 unspecified atom stereocenters. The van der Waals surface area contributed by atoms with Crippen molar-refractivity contribution in [1.82, 2.24) is 9.55 Å². The van der Waals surface area contributed by atoms with E-state index in [9.17, 15) is 14.7 Å². The lowest BCUT2D eigenvalue weighted by Crippen LogP contribution is -2.26. The van der Waals surface area contributed by atoms with Crippen LogP contribution in [0, 0.1) is 0 Å². The van der Waals surface area contributed by atoms with Gasteiger partial charge in [-0.25, -0.2) is 9.78 Å². The Bertz CT molecular complexity index is 688. The van der Waals surface area contributed by atoms with Crippen LogP contribution in [-0.4, -0.2) is 26.5 Å². The van der Waals surface area contributed by atoms with Gasteiger partial charge in [-0.15, -0.1) is 0 Å². The minimum Gasteiger partial charge on any atom is -0.478 e. The third-order valence-electron chi connectivity index (χ3n) is 3.28. The van der Waals surface area contributed by atoms with Crippen molar-refractivity contribution in [2.45, 2.75) is 32.7 Å². The number of para-hydroxylation sites is 1. The Morgan fingerprint density at radius 2 is 1.95 bits per heavy atom. The molecule has 0 aliphatic rings. The lowest BCUT2D eigenvalue weighted by molar-refractivity contribution is -0.120. The SMILES string of the molecule is CC(C)c1nc2cccc(C(=O)O)c2n1C(C)C(N)=O. The van der Waals surface area contributed by atoms with Crippen molar-refractivity contribution >= 4 is 22.9 Å². The number of rotatable bonds is 4. The fourth-order valence-corrected chi connectivity index (χ4v) is 2.27. The monoisotopic (exact) mass is 275 g/mol. The molecule has 0 spiro atoms. The third-order valence-corrected chi connectivity index (χ3v) is 3.28. The summed E-state index contributed by atoms with van der Waals surface area (Å²) in [6, 6.07) is 4.22. The van der Waals surface area contributed by atoms with Crippen molar-refractivity contribution in [1.29, 1.82) is 0 Å². The molecule has 106 valence electrons. The zero-order chi connectivity index (χ0) is 15.0. The average Bonchev–Trinajstić information content (AvgIpc) is 2.76. The highest BCUT2D eigenvalue weighted by Gasteiger charge is 2.24.